The third-order valence-corrected chi connectivity index (χ3v) is 5.37. The summed E-state index contributed by atoms with van der Waals surface area (Å²) in [5.41, 5.74) is 1.31. The Morgan fingerprint density at radius 1 is 1.13 bits per heavy atom. The number of anilines is 2. The van der Waals surface area contributed by atoms with Crippen molar-refractivity contribution < 1.29 is 17.9 Å². The highest BCUT2D eigenvalue weighted by Gasteiger charge is 2.18. The number of rotatable bonds is 5. The van der Waals surface area contributed by atoms with Crippen molar-refractivity contribution in [2.75, 3.05) is 36.5 Å². The molecule has 3 heterocycles. The molecule has 1 aliphatic heterocycles. The highest BCUT2D eigenvalue weighted by atomic mass is 19.3. The van der Waals surface area contributed by atoms with Crippen molar-refractivity contribution >= 4 is 28.2 Å². The van der Waals surface area contributed by atoms with Gasteiger partial charge in [0.2, 0.25) is 0 Å². The van der Waals surface area contributed by atoms with Crippen LogP contribution in [-0.2, 0) is 11.3 Å². The van der Waals surface area contributed by atoms with Gasteiger partial charge < -0.3 is 15.0 Å². The Balaban J connectivity index is 1.54. The first-order chi connectivity index (χ1) is 15.1. The lowest BCUT2D eigenvalue weighted by atomic mass is 10.1. The first-order valence-corrected chi connectivity index (χ1v) is 9.87. The summed E-state index contributed by atoms with van der Waals surface area (Å²) in [5, 5.41) is 8.11. The van der Waals surface area contributed by atoms with Crippen LogP contribution < -0.4 is 10.2 Å². The first kappa shape index (κ1) is 19.6. The van der Waals surface area contributed by atoms with E-state index in [0.717, 1.165) is 35.7 Å². The molecule has 31 heavy (non-hydrogen) atoms. The highest BCUT2D eigenvalue weighted by Crippen LogP contribution is 2.29. The molecule has 4 aromatic rings. The Kier molecular flexibility index (Phi) is 5.06. The Bertz CT molecular complexity index is 1240. The zero-order chi connectivity index (χ0) is 21.4. The molecule has 1 N–H and O–H groups in total. The smallest absolute Gasteiger partial charge is 0.266 e. The molecule has 0 aliphatic carbocycles. The third-order valence-electron chi connectivity index (χ3n) is 5.37. The fourth-order valence-corrected chi connectivity index (χ4v) is 3.78. The molecule has 0 saturated carbocycles. The average molecular weight is 428 g/mol. The summed E-state index contributed by atoms with van der Waals surface area (Å²) >= 11 is 0. The standard InChI is InChI=1S/C21H19F3N6O/c22-18-13(2-1-3-15(18)19(23)24)11-25-20-16-10-14(29-6-8-31-9-7-29)4-5-17(16)30-21(28-20)26-12-27-30/h1-5,10,12,19H,6-9,11H2,(H,25,26,27,28). The fraction of sp³-hybridized carbons (Fsp3) is 0.286. The van der Waals surface area contributed by atoms with Gasteiger partial charge in [-0.05, 0) is 18.2 Å². The quantitative estimate of drug-likeness (QED) is 0.522. The zero-order valence-electron chi connectivity index (χ0n) is 16.4. The van der Waals surface area contributed by atoms with Gasteiger partial charge in [0.05, 0.1) is 24.3 Å². The largest absolute Gasteiger partial charge is 0.378 e. The second-order valence-corrected chi connectivity index (χ2v) is 7.21. The van der Waals surface area contributed by atoms with Gasteiger partial charge in [-0.25, -0.2) is 13.2 Å². The van der Waals surface area contributed by atoms with Crippen LogP contribution in [0, 0.1) is 5.82 Å². The molecule has 2 aromatic heterocycles. The van der Waals surface area contributed by atoms with Gasteiger partial charge in [-0.15, -0.1) is 0 Å². The minimum absolute atomic E-state index is 0.000581. The van der Waals surface area contributed by atoms with Gasteiger partial charge in [0.1, 0.15) is 18.0 Å². The molecule has 1 fully saturated rings. The van der Waals surface area contributed by atoms with Crippen molar-refractivity contribution in [3.05, 3.63) is 59.7 Å². The third kappa shape index (κ3) is 3.63. The molecule has 0 spiro atoms. The SMILES string of the molecule is Fc1c(CNc2nc3ncnn3c3ccc(N4CCOCC4)cc23)cccc1C(F)F. The van der Waals surface area contributed by atoms with Crippen LogP contribution in [0.4, 0.5) is 24.7 Å². The lowest BCUT2D eigenvalue weighted by molar-refractivity contribution is 0.122. The first-order valence-electron chi connectivity index (χ1n) is 9.87. The summed E-state index contributed by atoms with van der Waals surface area (Å²) < 4.78 is 47.6. The minimum atomic E-state index is -2.87. The van der Waals surface area contributed by atoms with Crippen LogP contribution in [0.15, 0.2) is 42.7 Å². The highest BCUT2D eigenvalue weighted by molar-refractivity contribution is 5.93. The Hall–Kier alpha value is -3.40. The number of ether oxygens (including phenoxy) is 1. The second kappa shape index (κ2) is 8.03. The van der Waals surface area contributed by atoms with Crippen molar-refractivity contribution in [2.24, 2.45) is 0 Å². The van der Waals surface area contributed by atoms with E-state index >= 15 is 0 Å². The lowest BCUT2D eigenvalue weighted by Crippen LogP contribution is -2.36. The maximum absolute atomic E-state index is 14.5. The predicted molar refractivity (Wildman–Crippen MR) is 110 cm³/mol. The number of aromatic nitrogens is 4. The van der Waals surface area contributed by atoms with Crippen LogP contribution in [-0.4, -0.2) is 45.9 Å². The maximum Gasteiger partial charge on any atom is 0.266 e. The number of halogens is 3. The Morgan fingerprint density at radius 2 is 1.97 bits per heavy atom. The molecule has 160 valence electrons. The zero-order valence-corrected chi connectivity index (χ0v) is 16.4. The molecule has 2 aromatic carbocycles. The van der Waals surface area contributed by atoms with Crippen molar-refractivity contribution in [2.45, 2.75) is 13.0 Å². The minimum Gasteiger partial charge on any atom is -0.378 e. The van der Waals surface area contributed by atoms with E-state index < -0.39 is 17.8 Å². The molecule has 1 saturated heterocycles. The van der Waals surface area contributed by atoms with Crippen LogP contribution in [0.25, 0.3) is 16.7 Å². The number of nitrogens with zero attached hydrogens (tertiary/aromatic N) is 5. The molecule has 7 nitrogen and oxygen atoms in total. The van der Waals surface area contributed by atoms with E-state index in [-0.39, 0.29) is 12.1 Å². The monoisotopic (exact) mass is 428 g/mol. The van der Waals surface area contributed by atoms with E-state index in [1.165, 1.54) is 18.5 Å². The number of hydrogen-bond donors (Lipinski definition) is 1. The van der Waals surface area contributed by atoms with Gasteiger partial charge >= 0.3 is 0 Å². The van der Waals surface area contributed by atoms with Crippen LogP contribution in [0.3, 0.4) is 0 Å². The van der Waals surface area contributed by atoms with Gasteiger partial charge in [-0.3, -0.25) is 0 Å². The van der Waals surface area contributed by atoms with E-state index in [4.69, 9.17) is 4.74 Å². The van der Waals surface area contributed by atoms with E-state index in [1.807, 2.05) is 18.2 Å². The van der Waals surface area contributed by atoms with Gasteiger partial charge in [-0.1, -0.05) is 18.2 Å². The summed E-state index contributed by atoms with van der Waals surface area (Å²) in [6, 6.07) is 9.92. The summed E-state index contributed by atoms with van der Waals surface area (Å²) in [6.45, 7) is 2.87. The van der Waals surface area contributed by atoms with E-state index in [0.29, 0.717) is 24.8 Å². The van der Waals surface area contributed by atoms with Crippen LogP contribution in [0.5, 0.6) is 0 Å². The van der Waals surface area contributed by atoms with Gasteiger partial charge in [0.25, 0.3) is 12.2 Å². The molecule has 0 atom stereocenters. The van der Waals surface area contributed by atoms with Crippen molar-refractivity contribution in [1.82, 2.24) is 19.6 Å². The molecule has 10 heteroatoms. The number of morpholine rings is 1. The van der Waals surface area contributed by atoms with E-state index in [9.17, 15) is 13.2 Å². The van der Waals surface area contributed by atoms with Gasteiger partial charge in [0.15, 0.2) is 0 Å². The van der Waals surface area contributed by atoms with Crippen LogP contribution in [0.2, 0.25) is 0 Å². The Morgan fingerprint density at radius 3 is 2.77 bits per heavy atom. The summed E-state index contributed by atoms with van der Waals surface area (Å²) in [5.74, 6) is -0.0461. The summed E-state index contributed by atoms with van der Waals surface area (Å²) in [6.07, 6.45) is -1.46. The van der Waals surface area contributed by atoms with E-state index in [2.05, 4.69) is 25.3 Å². The summed E-state index contributed by atoms with van der Waals surface area (Å²) in [4.78, 5) is 10.9. The second-order valence-electron chi connectivity index (χ2n) is 7.21. The molecule has 0 radical (unpaired) electrons. The fourth-order valence-electron chi connectivity index (χ4n) is 3.78. The molecule has 0 bridgehead atoms. The molecule has 5 rings (SSSR count). The maximum atomic E-state index is 14.5. The number of alkyl halides is 2. The van der Waals surface area contributed by atoms with Gasteiger partial charge in [0, 0.05) is 36.3 Å². The molecular weight excluding hydrogens is 409 g/mol. The Labute approximate surface area is 175 Å². The molecule has 0 amide bonds. The van der Waals surface area contributed by atoms with E-state index in [1.54, 1.807) is 4.52 Å². The van der Waals surface area contributed by atoms with Crippen LogP contribution >= 0.6 is 0 Å². The number of hydrogen-bond acceptors (Lipinski definition) is 6. The average Bonchev–Trinajstić information content (AvgIpc) is 3.27. The predicted octanol–water partition coefficient (Wildman–Crippen LogP) is 3.80. The summed E-state index contributed by atoms with van der Waals surface area (Å²) in [7, 11) is 0. The molecular formula is C21H19F3N6O. The van der Waals surface area contributed by atoms with Crippen LogP contribution in [0.1, 0.15) is 17.6 Å². The number of benzene rings is 2. The normalized spacial score (nSPS) is 14.6. The number of nitrogens with one attached hydrogen (secondary N) is 1. The lowest BCUT2D eigenvalue weighted by Gasteiger charge is -2.29. The van der Waals surface area contributed by atoms with Crippen molar-refractivity contribution in [3.8, 4) is 0 Å². The molecule has 0 unspecified atom stereocenters. The number of fused-ring (bicyclic) bond motifs is 3. The van der Waals surface area contributed by atoms with Crippen molar-refractivity contribution in [1.29, 1.82) is 0 Å². The van der Waals surface area contributed by atoms with Gasteiger partial charge in [-0.2, -0.15) is 19.6 Å². The topological polar surface area (TPSA) is 67.6 Å². The van der Waals surface area contributed by atoms with Crippen molar-refractivity contribution in [3.63, 3.8) is 0 Å². The molecule has 1 aliphatic rings.